The molecule has 0 aliphatic rings. The molecule has 1 radical (unpaired) electrons. The van der Waals surface area contributed by atoms with Gasteiger partial charge in [0, 0.05) is 17.3 Å². The summed E-state index contributed by atoms with van der Waals surface area (Å²) in [5.74, 6) is 0. The first-order valence-electron chi connectivity index (χ1n) is 3.53. The number of aryl methyl sites for hydroxylation is 1. The zero-order valence-electron chi connectivity index (χ0n) is 6.90. The van der Waals surface area contributed by atoms with Crippen LogP contribution in [0.2, 0.25) is 0 Å². The number of carbonyl (C=O) groups excluding carboxylic acids is 1. The van der Waals surface area contributed by atoms with Crippen molar-refractivity contribution >= 4 is 17.8 Å². The van der Waals surface area contributed by atoms with Crippen LogP contribution in [-0.4, -0.2) is 11.3 Å². The topological polar surface area (TPSA) is 72.2 Å². The molecule has 0 aliphatic heterocycles. The molecule has 0 saturated carbocycles. The highest BCUT2D eigenvalue weighted by atomic mass is 16.6. The average Bonchev–Trinajstić information content (AvgIpc) is 2.08. The van der Waals surface area contributed by atoms with Crippen molar-refractivity contribution in [2.45, 2.75) is 6.92 Å². The maximum absolute atomic E-state index is 10.5. The molecule has 0 unspecified atom stereocenters. The summed E-state index contributed by atoms with van der Waals surface area (Å²) in [6.07, 6.45) is 1.45. The maximum Gasteiger partial charge on any atom is 0.314 e. The Labute approximate surface area is 74.5 Å². The number of nitro groups is 1. The fraction of sp³-hybridized carbons (Fsp3) is 0.125. The maximum atomic E-state index is 10.5. The van der Waals surface area contributed by atoms with Crippen molar-refractivity contribution in [3.8, 4) is 0 Å². The molecular weight excluding hydrogens is 172 g/mol. The highest BCUT2D eigenvalue weighted by Gasteiger charge is 2.10. The van der Waals surface area contributed by atoms with Gasteiger partial charge in [-0.3, -0.25) is 14.9 Å². The molecule has 0 saturated heterocycles. The molecule has 5 heteroatoms. The molecule has 0 atom stereocenters. The van der Waals surface area contributed by atoms with E-state index >= 15 is 0 Å². The zero-order valence-corrected chi connectivity index (χ0v) is 6.90. The SMILES string of the molecule is Cc1ccc(N[C]=O)cc1[N+](=O)[O-]. The van der Waals surface area contributed by atoms with Crippen molar-refractivity contribution < 1.29 is 9.72 Å². The Hall–Kier alpha value is -1.91. The number of hydrogen-bond donors (Lipinski definition) is 1. The number of nitro benzene ring substituents is 1. The summed E-state index contributed by atoms with van der Waals surface area (Å²) in [4.78, 5) is 19.9. The molecule has 1 aromatic carbocycles. The molecule has 0 aliphatic carbocycles. The van der Waals surface area contributed by atoms with Gasteiger partial charge in [0.1, 0.15) is 0 Å². The Morgan fingerprint density at radius 3 is 2.77 bits per heavy atom. The quantitative estimate of drug-likeness (QED) is 0.432. The summed E-state index contributed by atoms with van der Waals surface area (Å²) in [7, 11) is 0. The van der Waals surface area contributed by atoms with E-state index in [1.165, 1.54) is 12.5 Å². The van der Waals surface area contributed by atoms with Crippen LogP contribution >= 0.6 is 0 Å². The molecule has 0 bridgehead atoms. The van der Waals surface area contributed by atoms with Crippen LogP contribution < -0.4 is 5.32 Å². The Bertz CT molecular complexity index is 349. The van der Waals surface area contributed by atoms with E-state index in [1.54, 1.807) is 19.1 Å². The van der Waals surface area contributed by atoms with E-state index in [-0.39, 0.29) is 5.69 Å². The fourth-order valence-electron chi connectivity index (χ4n) is 0.943. The summed E-state index contributed by atoms with van der Waals surface area (Å²) in [5.41, 5.74) is 0.911. The fourth-order valence-corrected chi connectivity index (χ4v) is 0.943. The van der Waals surface area contributed by atoms with Gasteiger partial charge >= 0.3 is 6.41 Å². The van der Waals surface area contributed by atoms with Crippen LogP contribution in [0.5, 0.6) is 0 Å². The highest BCUT2D eigenvalue weighted by molar-refractivity contribution is 5.73. The van der Waals surface area contributed by atoms with Gasteiger partial charge in [0.2, 0.25) is 0 Å². The standard InChI is InChI=1S/C8H7N2O3/c1-6-2-3-7(9-5-11)4-8(6)10(12)13/h2-4H,1H3,(H,9,11). The van der Waals surface area contributed by atoms with Crippen LogP contribution in [0.15, 0.2) is 18.2 Å². The van der Waals surface area contributed by atoms with Crippen molar-refractivity contribution in [3.05, 3.63) is 33.9 Å². The van der Waals surface area contributed by atoms with Crippen LogP contribution in [0.4, 0.5) is 11.4 Å². The largest absolute Gasteiger partial charge is 0.318 e. The van der Waals surface area contributed by atoms with Crippen molar-refractivity contribution in [3.63, 3.8) is 0 Å². The first-order chi connectivity index (χ1) is 6.15. The molecule has 1 N–H and O–H groups in total. The number of nitrogens with zero attached hydrogens (tertiary/aromatic N) is 1. The molecule has 67 valence electrons. The number of nitrogens with one attached hydrogen (secondary N) is 1. The molecule has 5 nitrogen and oxygen atoms in total. The first kappa shape index (κ1) is 9.18. The summed E-state index contributed by atoms with van der Waals surface area (Å²) >= 11 is 0. The van der Waals surface area contributed by atoms with Gasteiger partial charge in [0.25, 0.3) is 5.69 Å². The third kappa shape index (κ3) is 2.02. The van der Waals surface area contributed by atoms with E-state index in [9.17, 15) is 14.9 Å². The van der Waals surface area contributed by atoms with Crippen molar-refractivity contribution in [1.82, 2.24) is 0 Å². The van der Waals surface area contributed by atoms with E-state index in [1.807, 2.05) is 0 Å². The minimum Gasteiger partial charge on any atom is -0.318 e. The van der Waals surface area contributed by atoms with Gasteiger partial charge in [-0.15, -0.1) is 0 Å². The highest BCUT2D eigenvalue weighted by Crippen LogP contribution is 2.21. The van der Waals surface area contributed by atoms with E-state index in [4.69, 9.17) is 0 Å². The molecule has 0 fully saturated rings. The Morgan fingerprint density at radius 1 is 1.54 bits per heavy atom. The summed E-state index contributed by atoms with van der Waals surface area (Å²) < 4.78 is 0. The van der Waals surface area contributed by atoms with E-state index in [2.05, 4.69) is 5.32 Å². The Kier molecular flexibility index (Phi) is 2.59. The minimum absolute atomic E-state index is 0.0137. The summed E-state index contributed by atoms with van der Waals surface area (Å²) in [5, 5.41) is 12.7. The van der Waals surface area contributed by atoms with Gasteiger partial charge in [-0.05, 0) is 13.0 Å². The van der Waals surface area contributed by atoms with Crippen molar-refractivity contribution in [2.75, 3.05) is 5.32 Å². The van der Waals surface area contributed by atoms with Crippen LogP contribution in [-0.2, 0) is 4.79 Å². The lowest BCUT2D eigenvalue weighted by atomic mass is 10.2. The molecule has 1 aromatic rings. The first-order valence-corrected chi connectivity index (χ1v) is 3.53. The molecule has 0 aromatic heterocycles. The van der Waals surface area contributed by atoms with Gasteiger partial charge in [0.05, 0.1) is 4.92 Å². The normalized spacial score (nSPS) is 9.31. The van der Waals surface area contributed by atoms with Crippen LogP contribution in [0.3, 0.4) is 0 Å². The van der Waals surface area contributed by atoms with Crippen molar-refractivity contribution in [2.24, 2.45) is 0 Å². The third-order valence-corrected chi connectivity index (χ3v) is 1.60. The van der Waals surface area contributed by atoms with Gasteiger partial charge in [-0.2, -0.15) is 0 Å². The zero-order chi connectivity index (χ0) is 9.84. The van der Waals surface area contributed by atoms with Crippen LogP contribution in [0.1, 0.15) is 5.56 Å². The predicted molar refractivity (Wildman–Crippen MR) is 47.1 cm³/mol. The molecule has 13 heavy (non-hydrogen) atoms. The molecule has 1 amide bonds. The minimum atomic E-state index is -0.495. The van der Waals surface area contributed by atoms with Crippen molar-refractivity contribution in [1.29, 1.82) is 0 Å². The second-order valence-electron chi connectivity index (χ2n) is 2.49. The lowest BCUT2D eigenvalue weighted by Crippen LogP contribution is -1.96. The van der Waals surface area contributed by atoms with Gasteiger partial charge in [-0.1, -0.05) is 6.07 Å². The number of anilines is 1. The van der Waals surface area contributed by atoms with Gasteiger partial charge in [-0.25, -0.2) is 0 Å². The van der Waals surface area contributed by atoms with Crippen LogP contribution in [0.25, 0.3) is 0 Å². The molecule has 1 rings (SSSR count). The smallest absolute Gasteiger partial charge is 0.314 e. The Balaban J connectivity index is 3.10. The molecule has 0 heterocycles. The number of hydrogen-bond acceptors (Lipinski definition) is 3. The molecule has 0 spiro atoms. The van der Waals surface area contributed by atoms with E-state index in [0.717, 1.165) is 0 Å². The number of amides is 1. The second kappa shape index (κ2) is 3.66. The monoisotopic (exact) mass is 179 g/mol. The third-order valence-electron chi connectivity index (χ3n) is 1.60. The van der Waals surface area contributed by atoms with Gasteiger partial charge in [0.15, 0.2) is 0 Å². The lowest BCUT2D eigenvalue weighted by molar-refractivity contribution is -0.385. The van der Waals surface area contributed by atoms with Gasteiger partial charge < -0.3 is 5.32 Å². The summed E-state index contributed by atoms with van der Waals surface area (Å²) in [6, 6.07) is 4.44. The van der Waals surface area contributed by atoms with E-state index < -0.39 is 4.92 Å². The predicted octanol–water partition coefficient (Wildman–Crippen LogP) is 1.38. The van der Waals surface area contributed by atoms with E-state index in [0.29, 0.717) is 11.3 Å². The second-order valence-corrected chi connectivity index (χ2v) is 2.49. The lowest BCUT2D eigenvalue weighted by Gasteiger charge is -1.99. The number of rotatable bonds is 3. The number of benzene rings is 1. The summed E-state index contributed by atoms with van der Waals surface area (Å²) in [6.45, 7) is 1.63. The molecular formula is C8H7N2O3. The van der Waals surface area contributed by atoms with Crippen LogP contribution in [0, 0.1) is 17.0 Å². The Morgan fingerprint density at radius 2 is 2.23 bits per heavy atom. The average molecular weight is 179 g/mol.